The first-order chi connectivity index (χ1) is 8.06. The predicted molar refractivity (Wildman–Crippen MR) is 66.6 cm³/mol. The quantitative estimate of drug-likeness (QED) is 0.384. The van der Waals surface area contributed by atoms with E-state index < -0.39 is 5.97 Å². The topological polar surface area (TPSA) is 67.4 Å². The molecule has 0 heterocycles. The summed E-state index contributed by atoms with van der Waals surface area (Å²) in [6.45, 7) is 8.68. The molecule has 0 radical (unpaired) electrons. The van der Waals surface area contributed by atoms with Crippen molar-refractivity contribution in [3.8, 4) is 0 Å². The van der Waals surface area contributed by atoms with Crippen molar-refractivity contribution in [2.45, 2.75) is 26.7 Å². The van der Waals surface area contributed by atoms with Crippen LogP contribution >= 0.6 is 0 Å². The van der Waals surface area contributed by atoms with E-state index >= 15 is 0 Å². The van der Waals surface area contributed by atoms with Gasteiger partial charge < -0.3 is 15.4 Å². The van der Waals surface area contributed by atoms with E-state index in [4.69, 9.17) is 4.74 Å². The summed E-state index contributed by atoms with van der Waals surface area (Å²) in [6, 6.07) is -0.233. The van der Waals surface area contributed by atoms with Crippen LogP contribution in [0.3, 0.4) is 0 Å². The van der Waals surface area contributed by atoms with Crippen LogP contribution in [-0.4, -0.2) is 31.7 Å². The van der Waals surface area contributed by atoms with Gasteiger partial charge in [-0.2, -0.15) is 0 Å². The predicted octanol–water partition coefficient (Wildman–Crippen LogP) is 1.45. The molecule has 0 aromatic carbocycles. The molecule has 0 bridgehead atoms. The summed E-state index contributed by atoms with van der Waals surface area (Å²) in [5.74, 6) is 0.169. The van der Waals surface area contributed by atoms with Gasteiger partial charge in [0, 0.05) is 12.6 Å². The van der Waals surface area contributed by atoms with Gasteiger partial charge >= 0.3 is 12.0 Å². The van der Waals surface area contributed by atoms with Crippen molar-refractivity contribution in [2.75, 3.05) is 19.7 Å². The second-order valence-electron chi connectivity index (χ2n) is 4.09. The summed E-state index contributed by atoms with van der Waals surface area (Å²) in [6.07, 6.45) is 3.15. The molecule has 0 rings (SSSR count). The molecule has 0 aromatic heterocycles. The van der Waals surface area contributed by atoms with Crippen molar-refractivity contribution in [3.05, 3.63) is 12.7 Å². The zero-order chi connectivity index (χ0) is 13.1. The summed E-state index contributed by atoms with van der Waals surface area (Å²) >= 11 is 0. The fourth-order valence-corrected chi connectivity index (χ4v) is 1.15. The average Bonchev–Trinajstić information content (AvgIpc) is 2.29. The molecule has 0 saturated heterocycles. The molecule has 5 heteroatoms. The lowest BCUT2D eigenvalue weighted by Gasteiger charge is -2.08. The standard InChI is InChI=1S/C12H22N2O3/c1-4-11(15)17-9-8-14-12(16)13-7-5-6-10(2)3/h4,10H,1,5-9H2,2-3H3,(H2,13,14,16). The Morgan fingerprint density at radius 3 is 2.53 bits per heavy atom. The number of amides is 2. The van der Waals surface area contributed by atoms with Crippen molar-refractivity contribution in [2.24, 2.45) is 5.92 Å². The lowest BCUT2D eigenvalue weighted by Crippen LogP contribution is -2.38. The first-order valence-corrected chi connectivity index (χ1v) is 5.87. The van der Waals surface area contributed by atoms with Gasteiger partial charge in [0.2, 0.25) is 0 Å². The van der Waals surface area contributed by atoms with E-state index in [0.29, 0.717) is 19.0 Å². The van der Waals surface area contributed by atoms with E-state index in [2.05, 4.69) is 31.1 Å². The van der Waals surface area contributed by atoms with Crippen molar-refractivity contribution in [1.29, 1.82) is 0 Å². The van der Waals surface area contributed by atoms with Crippen LogP contribution in [0, 0.1) is 5.92 Å². The second kappa shape index (κ2) is 9.69. The molecular formula is C12H22N2O3. The molecule has 0 saturated carbocycles. The van der Waals surface area contributed by atoms with E-state index in [-0.39, 0.29) is 12.6 Å². The highest BCUT2D eigenvalue weighted by Gasteiger charge is 2.00. The summed E-state index contributed by atoms with van der Waals surface area (Å²) in [5, 5.41) is 5.32. The van der Waals surface area contributed by atoms with Gasteiger partial charge in [0.05, 0.1) is 6.54 Å². The van der Waals surface area contributed by atoms with Crippen LogP contribution in [0.15, 0.2) is 12.7 Å². The van der Waals surface area contributed by atoms with Crippen LogP contribution in [0.2, 0.25) is 0 Å². The fraction of sp³-hybridized carbons (Fsp3) is 0.667. The molecule has 2 amide bonds. The molecule has 17 heavy (non-hydrogen) atoms. The number of nitrogens with one attached hydrogen (secondary N) is 2. The molecule has 98 valence electrons. The zero-order valence-electron chi connectivity index (χ0n) is 10.6. The molecule has 0 aliphatic carbocycles. The maximum absolute atomic E-state index is 11.2. The lowest BCUT2D eigenvalue weighted by atomic mass is 10.1. The fourth-order valence-electron chi connectivity index (χ4n) is 1.15. The minimum atomic E-state index is -0.482. The Kier molecular flexibility index (Phi) is 8.82. The van der Waals surface area contributed by atoms with E-state index in [1.165, 1.54) is 0 Å². The van der Waals surface area contributed by atoms with Crippen LogP contribution in [0.4, 0.5) is 4.79 Å². The largest absolute Gasteiger partial charge is 0.461 e. The molecule has 2 N–H and O–H groups in total. The maximum atomic E-state index is 11.2. The molecule has 0 unspecified atom stereocenters. The molecule has 0 fully saturated rings. The SMILES string of the molecule is C=CC(=O)OCCNC(=O)NCCCC(C)C. The maximum Gasteiger partial charge on any atom is 0.330 e. The number of hydrogen-bond acceptors (Lipinski definition) is 3. The smallest absolute Gasteiger partial charge is 0.330 e. The summed E-state index contributed by atoms with van der Waals surface area (Å²) in [7, 11) is 0. The molecular weight excluding hydrogens is 220 g/mol. The minimum absolute atomic E-state index is 0.157. The van der Waals surface area contributed by atoms with Crippen molar-refractivity contribution < 1.29 is 14.3 Å². The van der Waals surface area contributed by atoms with E-state index in [1.54, 1.807) is 0 Å². The molecule has 5 nitrogen and oxygen atoms in total. The van der Waals surface area contributed by atoms with Gasteiger partial charge in [0.15, 0.2) is 0 Å². The number of urea groups is 1. The Morgan fingerprint density at radius 1 is 1.29 bits per heavy atom. The van der Waals surface area contributed by atoms with Gasteiger partial charge in [-0.25, -0.2) is 9.59 Å². The molecule has 0 aliphatic heterocycles. The highest BCUT2D eigenvalue weighted by atomic mass is 16.5. The van der Waals surface area contributed by atoms with Crippen LogP contribution < -0.4 is 10.6 Å². The first-order valence-electron chi connectivity index (χ1n) is 5.87. The van der Waals surface area contributed by atoms with Crippen LogP contribution in [0.25, 0.3) is 0 Å². The first kappa shape index (κ1) is 15.5. The summed E-state index contributed by atoms with van der Waals surface area (Å²) < 4.78 is 4.70. The Labute approximate surface area is 103 Å². The number of rotatable bonds is 8. The van der Waals surface area contributed by atoms with Crippen molar-refractivity contribution in [1.82, 2.24) is 10.6 Å². The van der Waals surface area contributed by atoms with E-state index in [9.17, 15) is 9.59 Å². The van der Waals surface area contributed by atoms with Gasteiger partial charge in [-0.3, -0.25) is 0 Å². The van der Waals surface area contributed by atoms with E-state index in [0.717, 1.165) is 18.9 Å². The lowest BCUT2D eigenvalue weighted by molar-refractivity contribution is -0.137. The number of carbonyl (C=O) groups excluding carboxylic acids is 2. The van der Waals surface area contributed by atoms with Gasteiger partial charge in [-0.1, -0.05) is 20.4 Å². The number of esters is 1. The number of hydrogen-bond donors (Lipinski definition) is 2. The Balaban J connectivity index is 3.35. The van der Waals surface area contributed by atoms with Crippen molar-refractivity contribution in [3.63, 3.8) is 0 Å². The highest BCUT2D eigenvalue weighted by molar-refractivity contribution is 5.81. The monoisotopic (exact) mass is 242 g/mol. The Hall–Kier alpha value is -1.52. The molecule has 0 spiro atoms. The third-order valence-corrected chi connectivity index (χ3v) is 2.04. The van der Waals surface area contributed by atoms with Crippen molar-refractivity contribution >= 4 is 12.0 Å². The highest BCUT2D eigenvalue weighted by Crippen LogP contribution is 2.01. The van der Waals surface area contributed by atoms with Crippen LogP contribution in [-0.2, 0) is 9.53 Å². The average molecular weight is 242 g/mol. The third kappa shape index (κ3) is 10.8. The zero-order valence-corrected chi connectivity index (χ0v) is 10.6. The molecule has 0 atom stereocenters. The van der Waals surface area contributed by atoms with Gasteiger partial charge in [-0.15, -0.1) is 0 Å². The Morgan fingerprint density at radius 2 is 1.94 bits per heavy atom. The molecule has 0 aromatic rings. The third-order valence-electron chi connectivity index (χ3n) is 2.04. The van der Waals surface area contributed by atoms with Crippen LogP contribution in [0.1, 0.15) is 26.7 Å². The van der Waals surface area contributed by atoms with Gasteiger partial charge in [0.1, 0.15) is 6.61 Å². The number of ether oxygens (including phenoxy) is 1. The minimum Gasteiger partial charge on any atom is -0.461 e. The molecule has 0 aliphatic rings. The van der Waals surface area contributed by atoms with E-state index in [1.807, 2.05) is 0 Å². The normalized spacial score (nSPS) is 9.82. The Bertz CT molecular complexity index is 252. The second-order valence-corrected chi connectivity index (χ2v) is 4.09. The van der Waals surface area contributed by atoms with Crippen LogP contribution in [0.5, 0.6) is 0 Å². The number of carbonyl (C=O) groups is 2. The summed E-state index contributed by atoms with van der Waals surface area (Å²) in [5.41, 5.74) is 0. The summed E-state index contributed by atoms with van der Waals surface area (Å²) in [4.78, 5) is 21.9. The van der Waals surface area contributed by atoms with Gasteiger partial charge in [0.25, 0.3) is 0 Å². The van der Waals surface area contributed by atoms with Gasteiger partial charge in [-0.05, 0) is 18.8 Å².